The molecule has 1 heterocycles. The van der Waals surface area contributed by atoms with E-state index in [0.29, 0.717) is 0 Å². The van der Waals surface area contributed by atoms with Crippen LogP contribution in [0, 0.1) is 0 Å². The van der Waals surface area contributed by atoms with E-state index in [4.69, 9.17) is 0 Å². The second-order valence-corrected chi connectivity index (χ2v) is 5.20. The molecule has 1 N–H and O–H groups in total. The minimum atomic E-state index is 0.160. The molecule has 1 fully saturated rings. The predicted molar refractivity (Wildman–Crippen MR) is 81.8 cm³/mol. The van der Waals surface area contributed by atoms with Crippen molar-refractivity contribution in [1.29, 1.82) is 0 Å². The highest BCUT2D eigenvalue weighted by molar-refractivity contribution is 5.94. The highest BCUT2D eigenvalue weighted by atomic mass is 16.2. The van der Waals surface area contributed by atoms with Gasteiger partial charge in [-0.15, -0.1) is 0 Å². The van der Waals surface area contributed by atoms with E-state index in [0.717, 1.165) is 51.4 Å². The third-order valence-electron chi connectivity index (χ3n) is 3.88. The Morgan fingerprint density at radius 3 is 2.60 bits per heavy atom. The topological polar surface area (TPSA) is 35.6 Å². The van der Waals surface area contributed by atoms with Crippen LogP contribution < -0.4 is 5.32 Å². The fourth-order valence-corrected chi connectivity index (χ4v) is 2.56. The van der Waals surface area contributed by atoms with E-state index in [1.807, 2.05) is 23.1 Å². The van der Waals surface area contributed by atoms with Crippen LogP contribution in [0.4, 0.5) is 0 Å². The first-order chi connectivity index (χ1) is 9.74. The lowest BCUT2D eigenvalue weighted by atomic mass is 10.1. The summed E-state index contributed by atoms with van der Waals surface area (Å²) in [4.78, 5) is 16.8. The van der Waals surface area contributed by atoms with Crippen LogP contribution in [0.1, 0.15) is 29.8 Å². The molecule has 0 atom stereocenters. The lowest BCUT2D eigenvalue weighted by Gasteiger charge is -2.27. The molecule has 1 aromatic rings. The number of hydrogen-bond donors (Lipinski definition) is 1. The largest absolute Gasteiger partial charge is 0.336 e. The van der Waals surface area contributed by atoms with Crippen molar-refractivity contribution in [3.8, 4) is 0 Å². The molecule has 4 heteroatoms. The van der Waals surface area contributed by atoms with Crippen molar-refractivity contribution in [2.75, 3.05) is 39.3 Å². The van der Waals surface area contributed by atoms with E-state index in [-0.39, 0.29) is 5.91 Å². The van der Waals surface area contributed by atoms with Crippen molar-refractivity contribution >= 4 is 5.91 Å². The highest BCUT2D eigenvalue weighted by Gasteiger charge is 2.18. The maximum absolute atomic E-state index is 12.5. The van der Waals surface area contributed by atoms with Crippen molar-refractivity contribution in [3.63, 3.8) is 0 Å². The van der Waals surface area contributed by atoms with Crippen LogP contribution >= 0.6 is 0 Å². The van der Waals surface area contributed by atoms with Gasteiger partial charge in [0, 0.05) is 38.3 Å². The van der Waals surface area contributed by atoms with Gasteiger partial charge in [-0.2, -0.15) is 0 Å². The smallest absolute Gasteiger partial charge is 0.253 e. The van der Waals surface area contributed by atoms with Crippen molar-refractivity contribution in [2.45, 2.75) is 20.4 Å². The molecule has 20 heavy (non-hydrogen) atoms. The Morgan fingerprint density at radius 1 is 1.25 bits per heavy atom. The van der Waals surface area contributed by atoms with E-state index in [2.05, 4.69) is 30.1 Å². The minimum absolute atomic E-state index is 0.160. The zero-order valence-corrected chi connectivity index (χ0v) is 12.6. The quantitative estimate of drug-likeness (QED) is 0.886. The molecule has 0 spiro atoms. The van der Waals surface area contributed by atoms with Gasteiger partial charge in [0.15, 0.2) is 0 Å². The van der Waals surface area contributed by atoms with Crippen LogP contribution in [0.5, 0.6) is 0 Å². The van der Waals surface area contributed by atoms with E-state index in [9.17, 15) is 4.79 Å². The summed E-state index contributed by atoms with van der Waals surface area (Å²) in [6.07, 6.45) is 0. The molecule has 1 amide bonds. The molecule has 4 nitrogen and oxygen atoms in total. The number of carbonyl (C=O) groups excluding carboxylic acids is 1. The first-order valence-corrected chi connectivity index (χ1v) is 7.56. The van der Waals surface area contributed by atoms with Crippen LogP contribution in [0.25, 0.3) is 0 Å². The van der Waals surface area contributed by atoms with Gasteiger partial charge in [-0.1, -0.05) is 26.0 Å². The molecule has 0 radical (unpaired) electrons. The average molecular weight is 275 g/mol. The van der Waals surface area contributed by atoms with Gasteiger partial charge in [0.2, 0.25) is 0 Å². The van der Waals surface area contributed by atoms with Gasteiger partial charge in [0.05, 0.1) is 0 Å². The van der Waals surface area contributed by atoms with Crippen LogP contribution in [0.3, 0.4) is 0 Å². The predicted octanol–water partition coefficient (Wildman–Crippen LogP) is 1.57. The summed E-state index contributed by atoms with van der Waals surface area (Å²) in [5.74, 6) is 0.160. The number of piperazine rings is 1. The lowest BCUT2D eigenvalue weighted by molar-refractivity contribution is 0.0735. The molecule has 1 aromatic carbocycles. The highest BCUT2D eigenvalue weighted by Crippen LogP contribution is 2.11. The Hall–Kier alpha value is -1.39. The van der Waals surface area contributed by atoms with Gasteiger partial charge in [0.25, 0.3) is 5.91 Å². The second-order valence-electron chi connectivity index (χ2n) is 5.20. The van der Waals surface area contributed by atoms with E-state index < -0.39 is 0 Å². The molecule has 2 rings (SSSR count). The van der Waals surface area contributed by atoms with Gasteiger partial charge >= 0.3 is 0 Å². The third-order valence-corrected chi connectivity index (χ3v) is 3.88. The Bertz CT molecular complexity index is 437. The van der Waals surface area contributed by atoms with E-state index in [1.165, 1.54) is 5.56 Å². The molecule has 0 bridgehead atoms. The van der Waals surface area contributed by atoms with E-state index in [1.54, 1.807) is 0 Å². The summed E-state index contributed by atoms with van der Waals surface area (Å²) >= 11 is 0. The summed E-state index contributed by atoms with van der Waals surface area (Å²) < 4.78 is 0. The Labute approximate surface area is 121 Å². The summed E-state index contributed by atoms with van der Waals surface area (Å²) in [6, 6.07) is 8.07. The number of benzene rings is 1. The van der Waals surface area contributed by atoms with Gasteiger partial charge in [-0.25, -0.2) is 0 Å². The molecule has 0 aromatic heterocycles. The molecule has 1 aliphatic rings. The summed E-state index contributed by atoms with van der Waals surface area (Å²) in [5.41, 5.74) is 2.03. The minimum Gasteiger partial charge on any atom is -0.336 e. The maximum atomic E-state index is 12.5. The molecule has 1 saturated heterocycles. The number of amides is 1. The number of rotatable bonds is 5. The zero-order chi connectivity index (χ0) is 14.4. The molecule has 1 aliphatic heterocycles. The standard InChI is InChI=1S/C16H25N3O/c1-3-18(4-2)13-14-6-5-7-15(12-14)16(20)19-10-8-17-9-11-19/h5-7,12,17H,3-4,8-11,13H2,1-2H3. The van der Waals surface area contributed by atoms with Crippen molar-refractivity contribution < 1.29 is 4.79 Å². The Morgan fingerprint density at radius 2 is 1.95 bits per heavy atom. The van der Waals surface area contributed by atoms with Crippen molar-refractivity contribution in [1.82, 2.24) is 15.1 Å². The molecular formula is C16H25N3O. The van der Waals surface area contributed by atoms with Gasteiger partial charge in [-0.05, 0) is 30.8 Å². The molecule has 0 saturated carbocycles. The number of nitrogens with one attached hydrogen (secondary N) is 1. The van der Waals surface area contributed by atoms with Crippen molar-refractivity contribution in [3.05, 3.63) is 35.4 Å². The molecule has 0 unspecified atom stereocenters. The number of hydrogen-bond acceptors (Lipinski definition) is 3. The zero-order valence-electron chi connectivity index (χ0n) is 12.6. The fourth-order valence-electron chi connectivity index (χ4n) is 2.56. The van der Waals surface area contributed by atoms with Gasteiger partial charge in [0.1, 0.15) is 0 Å². The molecule has 0 aliphatic carbocycles. The van der Waals surface area contributed by atoms with Crippen LogP contribution in [0.15, 0.2) is 24.3 Å². The Kier molecular flexibility index (Phi) is 5.56. The average Bonchev–Trinajstić information content (AvgIpc) is 2.53. The van der Waals surface area contributed by atoms with Crippen molar-refractivity contribution in [2.24, 2.45) is 0 Å². The monoisotopic (exact) mass is 275 g/mol. The normalized spacial score (nSPS) is 15.7. The van der Waals surface area contributed by atoms with Crippen LogP contribution in [0.2, 0.25) is 0 Å². The number of carbonyl (C=O) groups is 1. The SMILES string of the molecule is CCN(CC)Cc1cccc(C(=O)N2CCNCC2)c1. The fraction of sp³-hybridized carbons (Fsp3) is 0.562. The molecular weight excluding hydrogens is 250 g/mol. The van der Waals surface area contributed by atoms with Crippen LogP contribution in [-0.2, 0) is 6.54 Å². The summed E-state index contributed by atoms with van der Waals surface area (Å²) in [5, 5.41) is 3.27. The van der Waals surface area contributed by atoms with E-state index >= 15 is 0 Å². The summed E-state index contributed by atoms with van der Waals surface area (Å²) in [6.45, 7) is 10.7. The second kappa shape index (κ2) is 7.41. The summed E-state index contributed by atoms with van der Waals surface area (Å²) in [7, 11) is 0. The first-order valence-electron chi connectivity index (χ1n) is 7.56. The van der Waals surface area contributed by atoms with Gasteiger partial charge in [-0.3, -0.25) is 9.69 Å². The molecule has 110 valence electrons. The Balaban J connectivity index is 2.06. The third kappa shape index (κ3) is 3.81. The number of nitrogens with zero attached hydrogens (tertiary/aromatic N) is 2. The maximum Gasteiger partial charge on any atom is 0.253 e. The first kappa shape index (κ1) is 15.0. The lowest BCUT2D eigenvalue weighted by Crippen LogP contribution is -2.46. The van der Waals surface area contributed by atoms with Crippen LogP contribution in [-0.4, -0.2) is 55.0 Å². The van der Waals surface area contributed by atoms with Gasteiger partial charge < -0.3 is 10.2 Å².